The zero-order valence-electron chi connectivity index (χ0n) is 12.0. The molecular formula is C13H21F2NO4. The quantitative estimate of drug-likeness (QED) is 0.869. The first kappa shape index (κ1) is 16.7. The lowest BCUT2D eigenvalue weighted by molar-refractivity contribution is -0.140. The third-order valence-corrected chi connectivity index (χ3v) is 3.10. The molecule has 1 amide bonds. The van der Waals surface area contributed by atoms with Gasteiger partial charge in [0.1, 0.15) is 5.60 Å². The number of rotatable bonds is 3. The highest BCUT2D eigenvalue weighted by molar-refractivity contribution is 5.68. The average molecular weight is 293 g/mol. The van der Waals surface area contributed by atoms with Crippen LogP contribution in [0.25, 0.3) is 0 Å². The molecule has 0 radical (unpaired) electrons. The Morgan fingerprint density at radius 3 is 2.45 bits per heavy atom. The molecule has 0 aromatic rings. The molecule has 1 heterocycles. The highest BCUT2D eigenvalue weighted by Crippen LogP contribution is 2.36. The number of carbonyl (C=O) groups excluding carboxylic acids is 1. The lowest BCUT2D eigenvalue weighted by Crippen LogP contribution is -2.51. The molecule has 7 heteroatoms. The summed E-state index contributed by atoms with van der Waals surface area (Å²) < 4.78 is 32.9. The van der Waals surface area contributed by atoms with Gasteiger partial charge in [-0.1, -0.05) is 0 Å². The van der Waals surface area contributed by atoms with Crippen LogP contribution in [0.3, 0.4) is 0 Å². The number of alkyl halides is 2. The summed E-state index contributed by atoms with van der Waals surface area (Å²) in [4.78, 5) is 23.2. The number of hydrogen-bond acceptors (Lipinski definition) is 3. The van der Waals surface area contributed by atoms with Crippen LogP contribution in [0.1, 0.15) is 40.0 Å². The third-order valence-electron chi connectivity index (χ3n) is 3.10. The SMILES string of the molecule is CC(C)(C)OC(=O)N1CCC(CCC(=O)O)C(F)(F)C1. The van der Waals surface area contributed by atoms with Gasteiger partial charge in [-0.2, -0.15) is 0 Å². The molecule has 116 valence electrons. The number of ether oxygens (including phenoxy) is 1. The van der Waals surface area contributed by atoms with Crippen LogP contribution in [0, 0.1) is 5.92 Å². The van der Waals surface area contributed by atoms with Crippen molar-refractivity contribution in [2.24, 2.45) is 5.92 Å². The molecule has 5 nitrogen and oxygen atoms in total. The maximum atomic E-state index is 13.9. The summed E-state index contributed by atoms with van der Waals surface area (Å²) in [6.45, 7) is 4.45. The van der Waals surface area contributed by atoms with Crippen LogP contribution in [0.5, 0.6) is 0 Å². The maximum Gasteiger partial charge on any atom is 0.410 e. The first-order valence-electron chi connectivity index (χ1n) is 6.59. The van der Waals surface area contributed by atoms with Crippen LogP contribution in [0.4, 0.5) is 13.6 Å². The number of halogens is 2. The molecule has 1 unspecified atom stereocenters. The summed E-state index contributed by atoms with van der Waals surface area (Å²) >= 11 is 0. The van der Waals surface area contributed by atoms with Crippen LogP contribution in [0.15, 0.2) is 0 Å². The summed E-state index contributed by atoms with van der Waals surface area (Å²) in [5, 5.41) is 8.55. The lowest BCUT2D eigenvalue weighted by Gasteiger charge is -2.38. The summed E-state index contributed by atoms with van der Waals surface area (Å²) in [7, 11) is 0. The van der Waals surface area contributed by atoms with Gasteiger partial charge in [-0.3, -0.25) is 4.79 Å². The number of carboxylic acid groups (broad SMARTS) is 1. The van der Waals surface area contributed by atoms with E-state index in [9.17, 15) is 18.4 Å². The van der Waals surface area contributed by atoms with Crippen LogP contribution in [-0.4, -0.2) is 46.7 Å². The monoisotopic (exact) mass is 293 g/mol. The molecular weight excluding hydrogens is 272 g/mol. The van der Waals surface area contributed by atoms with Crippen molar-refractivity contribution in [3.05, 3.63) is 0 Å². The second-order valence-corrected chi connectivity index (χ2v) is 6.08. The number of carboxylic acids is 1. The van der Waals surface area contributed by atoms with Gasteiger partial charge in [0.2, 0.25) is 0 Å². The van der Waals surface area contributed by atoms with Gasteiger partial charge >= 0.3 is 12.1 Å². The van der Waals surface area contributed by atoms with Gasteiger partial charge in [-0.05, 0) is 33.6 Å². The smallest absolute Gasteiger partial charge is 0.410 e. The number of carbonyl (C=O) groups is 2. The molecule has 0 saturated carbocycles. The molecule has 0 aliphatic carbocycles. The molecule has 1 N–H and O–H groups in total. The van der Waals surface area contributed by atoms with E-state index in [0.717, 1.165) is 4.90 Å². The van der Waals surface area contributed by atoms with E-state index in [-0.39, 0.29) is 25.8 Å². The fraction of sp³-hybridized carbons (Fsp3) is 0.846. The fourth-order valence-electron chi connectivity index (χ4n) is 2.12. The van der Waals surface area contributed by atoms with Crippen molar-refractivity contribution < 1.29 is 28.2 Å². The van der Waals surface area contributed by atoms with Crippen molar-refractivity contribution >= 4 is 12.1 Å². The van der Waals surface area contributed by atoms with Gasteiger partial charge in [0.25, 0.3) is 5.92 Å². The Hall–Kier alpha value is -1.40. The van der Waals surface area contributed by atoms with E-state index in [1.165, 1.54) is 0 Å². The molecule has 1 aliphatic rings. The van der Waals surface area contributed by atoms with Crippen molar-refractivity contribution in [2.45, 2.75) is 51.6 Å². The Morgan fingerprint density at radius 2 is 2.00 bits per heavy atom. The van der Waals surface area contributed by atoms with E-state index in [4.69, 9.17) is 9.84 Å². The number of hydrogen-bond donors (Lipinski definition) is 1. The first-order chi connectivity index (χ1) is 9.01. The Morgan fingerprint density at radius 1 is 1.40 bits per heavy atom. The predicted molar refractivity (Wildman–Crippen MR) is 67.7 cm³/mol. The van der Waals surface area contributed by atoms with E-state index >= 15 is 0 Å². The fourth-order valence-corrected chi connectivity index (χ4v) is 2.12. The Balaban J connectivity index is 2.59. The van der Waals surface area contributed by atoms with Gasteiger partial charge in [-0.15, -0.1) is 0 Å². The van der Waals surface area contributed by atoms with Gasteiger partial charge in [0.05, 0.1) is 6.54 Å². The number of amides is 1. The summed E-state index contributed by atoms with van der Waals surface area (Å²) in [6, 6.07) is 0. The molecule has 0 spiro atoms. The Labute approximate surface area is 116 Å². The summed E-state index contributed by atoms with van der Waals surface area (Å²) in [5.74, 6) is -5.17. The average Bonchev–Trinajstić information content (AvgIpc) is 2.23. The summed E-state index contributed by atoms with van der Waals surface area (Å²) in [5.41, 5.74) is -0.730. The zero-order valence-corrected chi connectivity index (χ0v) is 12.0. The highest BCUT2D eigenvalue weighted by atomic mass is 19.3. The lowest BCUT2D eigenvalue weighted by atomic mass is 9.89. The number of likely N-dealkylation sites (tertiary alicyclic amines) is 1. The van der Waals surface area contributed by atoms with E-state index in [0.29, 0.717) is 0 Å². The Kier molecular flexibility index (Phi) is 4.94. The standard InChI is InChI=1S/C13H21F2NO4/c1-12(2,3)20-11(19)16-7-6-9(4-5-10(17)18)13(14,15)8-16/h9H,4-8H2,1-3H3,(H,17,18). The zero-order chi connectivity index (χ0) is 15.6. The van der Waals surface area contributed by atoms with Crippen molar-refractivity contribution in [3.63, 3.8) is 0 Å². The predicted octanol–water partition coefficient (Wildman–Crippen LogP) is 2.74. The van der Waals surface area contributed by atoms with Crippen LogP contribution in [-0.2, 0) is 9.53 Å². The van der Waals surface area contributed by atoms with Crippen LogP contribution < -0.4 is 0 Å². The molecule has 0 bridgehead atoms. The minimum absolute atomic E-state index is 0.0789. The molecule has 1 fully saturated rings. The van der Waals surface area contributed by atoms with Crippen LogP contribution >= 0.6 is 0 Å². The molecule has 20 heavy (non-hydrogen) atoms. The second-order valence-electron chi connectivity index (χ2n) is 6.08. The number of nitrogens with zero attached hydrogens (tertiary/aromatic N) is 1. The maximum absolute atomic E-state index is 13.9. The topological polar surface area (TPSA) is 66.8 Å². The van der Waals surface area contributed by atoms with Gasteiger partial charge < -0.3 is 14.7 Å². The van der Waals surface area contributed by atoms with E-state index < -0.39 is 36.0 Å². The molecule has 0 aromatic heterocycles. The minimum Gasteiger partial charge on any atom is -0.481 e. The van der Waals surface area contributed by atoms with Gasteiger partial charge in [-0.25, -0.2) is 13.6 Å². The first-order valence-corrected chi connectivity index (χ1v) is 6.59. The number of aliphatic carboxylic acids is 1. The van der Waals surface area contributed by atoms with E-state index in [2.05, 4.69) is 0 Å². The molecule has 1 atom stereocenters. The van der Waals surface area contributed by atoms with Crippen molar-refractivity contribution in [1.29, 1.82) is 0 Å². The minimum atomic E-state index is -3.08. The van der Waals surface area contributed by atoms with Crippen molar-refractivity contribution in [3.8, 4) is 0 Å². The number of piperidine rings is 1. The largest absolute Gasteiger partial charge is 0.481 e. The highest BCUT2D eigenvalue weighted by Gasteiger charge is 2.46. The third kappa shape index (κ3) is 4.94. The van der Waals surface area contributed by atoms with Crippen molar-refractivity contribution in [2.75, 3.05) is 13.1 Å². The van der Waals surface area contributed by atoms with Crippen LogP contribution in [0.2, 0.25) is 0 Å². The Bertz CT molecular complexity index is 379. The van der Waals surface area contributed by atoms with Crippen molar-refractivity contribution in [1.82, 2.24) is 4.90 Å². The summed E-state index contributed by atoms with van der Waals surface area (Å²) in [6.07, 6.45) is -1.04. The van der Waals surface area contributed by atoms with Gasteiger partial charge in [0.15, 0.2) is 0 Å². The second kappa shape index (κ2) is 5.93. The molecule has 1 rings (SSSR count). The normalized spacial score (nSPS) is 22.4. The molecule has 1 aliphatic heterocycles. The van der Waals surface area contributed by atoms with Gasteiger partial charge in [0, 0.05) is 18.9 Å². The van der Waals surface area contributed by atoms with E-state index in [1.54, 1.807) is 20.8 Å². The molecule has 0 aromatic carbocycles. The molecule has 1 saturated heterocycles. The van der Waals surface area contributed by atoms with E-state index in [1.807, 2.05) is 0 Å².